The summed E-state index contributed by atoms with van der Waals surface area (Å²) in [5, 5.41) is 0. The summed E-state index contributed by atoms with van der Waals surface area (Å²) in [6.45, 7) is 4.34. The first-order valence-corrected chi connectivity index (χ1v) is 11.1. The van der Waals surface area contributed by atoms with E-state index in [1.54, 1.807) is 0 Å². The Labute approximate surface area is 175 Å². The second-order valence-corrected chi connectivity index (χ2v) is 9.36. The first-order valence-electron chi connectivity index (χ1n) is 9.45. The molecule has 136 valence electrons. The molecule has 28 heavy (non-hydrogen) atoms. The third-order valence-corrected chi connectivity index (χ3v) is 7.34. The van der Waals surface area contributed by atoms with Gasteiger partial charge in [-0.05, 0) is 71.5 Å². The van der Waals surface area contributed by atoms with Crippen molar-refractivity contribution in [2.45, 2.75) is 33.4 Å². The van der Waals surface area contributed by atoms with Crippen molar-refractivity contribution in [1.82, 2.24) is 0 Å². The van der Waals surface area contributed by atoms with Gasteiger partial charge in [0.05, 0.1) is 0 Å². The number of benzene rings is 4. The van der Waals surface area contributed by atoms with Gasteiger partial charge in [-0.25, -0.2) is 0 Å². The summed E-state index contributed by atoms with van der Waals surface area (Å²) < 4.78 is 0. The van der Waals surface area contributed by atoms with Crippen LogP contribution in [0.4, 0.5) is 0 Å². The van der Waals surface area contributed by atoms with E-state index in [0.29, 0.717) is 0 Å². The summed E-state index contributed by atoms with van der Waals surface area (Å²) in [7, 11) is 0. The molecule has 4 aromatic carbocycles. The van der Waals surface area contributed by atoms with E-state index in [1.807, 2.05) is 23.5 Å². The fraction of sp³-hybridized carbons (Fsp3) is 0.0769. The maximum atomic E-state index is 2.32. The highest BCUT2D eigenvalue weighted by Crippen LogP contribution is 2.48. The minimum atomic E-state index is 1.29. The molecule has 0 amide bonds. The van der Waals surface area contributed by atoms with E-state index < -0.39 is 0 Å². The van der Waals surface area contributed by atoms with E-state index in [1.165, 1.54) is 53.0 Å². The Balaban J connectivity index is 1.84. The molecule has 5 rings (SSSR count). The molecule has 0 N–H and O–H groups in total. The minimum Gasteiger partial charge on any atom is -0.0888 e. The fourth-order valence-electron chi connectivity index (χ4n) is 3.67. The van der Waals surface area contributed by atoms with Gasteiger partial charge in [0.15, 0.2) is 0 Å². The average molecular weight is 397 g/mol. The zero-order valence-electron chi connectivity index (χ0n) is 15.9. The van der Waals surface area contributed by atoms with Crippen LogP contribution in [0.15, 0.2) is 105 Å². The highest BCUT2D eigenvalue weighted by Gasteiger charge is 2.18. The van der Waals surface area contributed by atoms with E-state index >= 15 is 0 Å². The number of rotatable bonds is 0. The Bertz CT molecular complexity index is 1100. The monoisotopic (exact) mass is 396 g/mol. The standard InChI is InChI=1S/C26H20S2/c1-17-11-13-21-22-14-12-18(2)16-26(22)28-24-10-6-4-8-20(24)19-7-3-5-9-23(19)27-25(21)15-17/h3-16H,1-2H3. The molecule has 0 saturated carbocycles. The van der Waals surface area contributed by atoms with Crippen LogP contribution in [0.5, 0.6) is 0 Å². The Kier molecular flexibility index (Phi) is 4.54. The van der Waals surface area contributed by atoms with Crippen LogP contribution in [-0.2, 0) is 0 Å². The zero-order valence-corrected chi connectivity index (χ0v) is 17.5. The molecule has 0 fully saturated rings. The molecule has 0 saturated heterocycles. The van der Waals surface area contributed by atoms with Gasteiger partial charge in [-0.15, -0.1) is 0 Å². The van der Waals surface area contributed by atoms with Crippen LogP contribution >= 0.6 is 23.5 Å². The largest absolute Gasteiger partial charge is 0.0888 e. The van der Waals surface area contributed by atoms with E-state index in [2.05, 4.69) is 98.8 Å². The van der Waals surface area contributed by atoms with Crippen molar-refractivity contribution in [3.63, 3.8) is 0 Å². The van der Waals surface area contributed by atoms with Gasteiger partial charge in [0.25, 0.3) is 0 Å². The van der Waals surface area contributed by atoms with Crippen molar-refractivity contribution in [1.29, 1.82) is 0 Å². The molecular formula is C26H20S2. The summed E-state index contributed by atoms with van der Waals surface area (Å²) in [6, 6.07) is 31.2. The second kappa shape index (κ2) is 7.20. The summed E-state index contributed by atoms with van der Waals surface area (Å²) in [5.74, 6) is 0. The van der Waals surface area contributed by atoms with E-state index in [9.17, 15) is 0 Å². The summed E-state index contributed by atoms with van der Waals surface area (Å²) in [4.78, 5) is 5.24. The molecule has 0 aliphatic carbocycles. The molecule has 0 aromatic heterocycles. The molecule has 4 aromatic rings. The highest BCUT2D eigenvalue weighted by atomic mass is 32.2. The smallest absolute Gasteiger partial charge is 0.0204 e. The van der Waals surface area contributed by atoms with Crippen LogP contribution in [0.25, 0.3) is 22.3 Å². The van der Waals surface area contributed by atoms with Crippen molar-refractivity contribution < 1.29 is 0 Å². The van der Waals surface area contributed by atoms with Gasteiger partial charge in [-0.2, -0.15) is 0 Å². The van der Waals surface area contributed by atoms with E-state index in [0.717, 1.165) is 0 Å². The molecule has 0 bridgehead atoms. The number of aryl methyl sites for hydroxylation is 2. The zero-order chi connectivity index (χ0) is 19.1. The maximum Gasteiger partial charge on any atom is 0.0204 e. The fourth-order valence-corrected chi connectivity index (χ4v) is 6.07. The van der Waals surface area contributed by atoms with E-state index in [-0.39, 0.29) is 0 Å². The van der Waals surface area contributed by atoms with Gasteiger partial charge in [-0.1, -0.05) is 84.2 Å². The predicted molar refractivity (Wildman–Crippen MR) is 121 cm³/mol. The van der Waals surface area contributed by atoms with Crippen molar-refractivity contribution in [2.24, 2.45) is 0 Å². The lowest BCUT2D eigenvalue weighted by molar-refractivity contribution is 1.28. The number of hydrogen-bond acceptors (Lipinski definition) is 2. The topological polar surface area (TPSA) is 0 Å². The van der Waals surface area contributed by atoms with Crippen molar-refractivity contribution >= 4 is 23.5 Å². The Morgan fingerprint density at radius 3 is 1.29 bits per heavy atom. The summed E-state index contributed by atoms with van der Waals surface area (Å²) in [5.41, 5.74) is 7.82. The van der Waals surface area contributed by atoms with Crippen LogP contribution in [0.1, 0.15) is 11.1 Å². The predicted octanol–water partition coefficient (Wildman–Crippen LogP) is 8.25. The molecule has 1 aliphatic heterocycles. The first kappa shape index (κ1) is 17.7. The molecule has 0 atom stereocenters. The van der Waals surface area contributed by atoms with Crippen molar-refractivity contribution in [2.75, 3.05) is 0 Å². The minimum absolute atomic E-state index is 1.29. The van der Waals surface area contributed by atoms with Crippen LogP contribution in [0, 0.1) is 13.8 Å². The van der Waals surface area contributed by atoms with Gasteiger partial charge < -0.3 is 0 Å². The van der Waals surface area contributed by atoms with Gasteiger partial charge >= 0.3 is 0 Å². The van der Waals surface area contributed by atoms with Crippen LogP contribution in [0.2, 0.25) is 0 Å². The molecule has 0 spiro atoms. The normalized spacial score (nSPS) is 12.4. The van der Waals surface area contributed by atoms with Crippen LogP contribution in [0.3, 0.4) is 0 Å². The highest BCUT2D eigenvalue weighted by molar-refractivity contribution is 8.00. The Morgan fingerprint density at radius 1 is 0.429 bits per heavy atom. The number of fused-ring (bicyclic) bond motifs is 6. The van der Waals surface area contributed by atoms with Crippen molar-refractivity contribution in [3.8, 4) is 22.3 Å². The molecule has 0 nitrogen and oxygen atoms in total. The summed E-state index contributed by atoms with van der Waals surface area (Å²) in [6.07, 6.45) is 0. The summed E-state index contributed by atoms with van der Waals surface area (Å²) >= 11 is 3.75. The molecular weight excluding hydrogens is 376 g/mol. The van der Waals surface area contributed by atoms with Gasteiger partial charge in [-0.3, -0.25) is 0 Å². The molecule has 1 heterocycles. The van der Waals surface area contributed by atoms with Gasteiger partial charge in [0.1, 0.15) is 0 Å². The third-order valence-electron chi connectivity index (χ3n) is 5.07. The number of hydrogen-bond donors (Lipinski definition) is 0. The van der Waals surface area contributed by atoms with Crippen LogP contribution < -0.4 is 0 Å². The lowest BCUT2D eigenvalue weighted by Crippen LogP contribution is -1.93. The third kappa shape index (κ3) is 3.17. The van der Waals surface area contributed by atoms with Gasteiger partial charge in [0.2, 0.25) is 0 Å². The average Bonchev–Trinajstić information content (AvgIpc) is 2.70. The molecule has 0 radical (unpaired) electrons. The Morgan fingerprint density at radius 2 is 0.821 bits per heavy atom. The SMILES string of the molecule is Cc1ccc2c(c1)Sc1ccccc1-c1ccccc1Sc1cc(C)ccc1-2. The van der Waals surface area contributed by atoms with E-state index in [4.69, 9.17) is 0 Å². The maximum absolute atomic E-state index is 2.32. The molecule has 0 unspecified atom stereocenters. The molecule has 1 aliphatic rings. The Hall–Kier alpha value is -2.42. The second-order valence-electron chi connectivity index (χ2n) is 7.20. The van der Waals surface area contributed by atoms with Crippen molar-refractivity contribution in [3.05, 3.63) is 96.1 Å². The quantitative estimate of drug-likeness (QED) is 0.258. The molecule has 2 heteroatoms. The van der Waals surface area contributed by atoms with Crippen LogP contribution in [-0.4, -0.2) is 0 Å². The first-order chi connectivity index (χ1) is 13.7. The van der Waals surface area contributed by atoms with Gasteiger partial charge in [0, 0.05) is 19.6 Å². The lowest BCUT2D eigenvalue weighted by atomic mass is 10.0. The lowest BCUT2D eigenvalue weighted by Gasteiger charge is -2.20.